The maximum absolute atomic E-state index is 6.14. The van der Waals surface area contributed by atoms with Crippen molar-refractivity contribution in [2.45, 2.75) is 53.2 Å². The molecule has 0 bridgehead atoms. The fraction of sp³-hybridized carbons (Fsp3) is 1.00. The van der Waals surface area contributed by atoms with E-state index in [-0.39, 0.29) is 0 Å². The first-order valence-electron chi connectivity index (χ1n) is 7.29. The minimum absolute atomic E-state index is 0.393. The fourth-order valence-corrected chi connectivity index (χ4v) is 3.77. The second-order valence-electron chi connectivity index (χ2n) is 6.26. The topological polar surface area (TPSA) is 21.8 Å². The Balaban J connectivity index is 1.99. The highest BCUT2D eigenvalue weighted by atomic mass is 16.6. The molecule has 100 valence electrons. The van der Waals surface area contributed by atoms with Crippen LogP contribution in [-0.2, 0) is 9.47 Å². The summed E-state index contributed by atoms with van der Waals surface area (Å²) in [6.07, 6.45) is 2.12. The van der Waals surface area contributed by atoms with E-state index < -0.39 is 0 Å². The van der Waals surface area contributed by atoms with Crippen LogP contribution in [0.25, 0.3) is 0 Å². The van der Waals surface area contributed by atoms with Gasteiger partial charge >= 0.3 is 0 Å². The summed E-state index contributed by atoms with van der Waals surface area (Å²) in [6.45, 7) is 13.6. The van der Waals surface area contributed by atoms with Gasteiger partial charge in [0.25, 0.3) is 0 Å². The Morgan fingerprint density at radius 2 is 1.53 bits per heavy atom. The lowest BCUT2D eigenvalue weighted by Gasteiger charge is -2.47. The lowest BCUT2D eigenvalue weighted by atomic mass is 9.61. The van der Waals surface area contributed by atoms with Crippen molar-refractivity contribution < 1.29 is 9.47 Å². The van der Waals surface area contributed by atoms with Gasteiger partial charge in [0.15, 0.2) is 0 Å². The lowest BCUT2D eigenvalue weighted by Crippen LogP contribution is -2.47. The van der Waals surface area contributed by atoms with Gasteiger partial charge in [-0.2, -0.15) is 0 Å². The molecule has 2 fully saturated rings. The van der Waals surface area contributed by atoms with E-state index >= 15 is 0 Å². The van der Waals surface area contributed by atoms with Gasteiger partial charge in [-0.05, 0) is 29.6 Å². The van der Waals surface area contributed by atoms with Crippen LogP contribution in [0.5, 0.6) is 0 Å². The third-order valence-corrected chi connectivity index (χ3v) is 5.39. The van der Waals surface area contributed by atoms with E-state index in [9.17, 15) is 0 Å². The summed E-state index contributed by atoms with van der Waals surface area (Å²) >= 11 is 0. The summed E-state index contributed by atoms with van der Waals surface area (Å²) < 4.78 is 11.4. The van der Waals surface area contributed by atoms with E-state index in [1.54, 1.807) is 0 Å². The number of epoxide rings is 1. The smallest absolute Gasteiger partial charge is 0.104 e. The molecule has 17 heavy (non-hydrogen) atoms. The van der Waals surface area contributed by atoms with Crippen LogP contribution in [-0.4, -0.2) is 25.4 Å². The highest BCUT2D eigenvalue weighted by Crippen LogP contribution is 2.44. The average Bonchev–Trinajstić information content (AvgIpc) is 3.11. The Bertz CT molecular complexity index is 233. The summed E-state index contributed by atoms with van der Waals surface area (Å²) in [6, 6.07) is 0. The molecule has 1 saturated heterocycles. The molecule has 5 atom stereocenters. The van der Waals surface area contributed by atoms with E-state index in [0.29, 0.717) is 24.0 Å². The summed E-state index contributed by atoms with van der Waals surface area (Å²) in [5, 5.41) is 0. The average molecular weight is 240 g/mol. The van der Waals surface area contributed by atoms with Crippen molar-refractivity contribution in [3.05, 3.63) is 0 Å². The van der Waals surface area contributed by atoms with Gasteiger partial charge in [-0.15, -0.1) is 0 Å². The van der Waals surface area contributed by atoms with Gasteiger partial charge in [-0.25, -0.2) is 0 Å². The van der Waals surface area contributed by atoms with E-state index in [2.05, 4.69) is 34.6 Å². The zero-order chi connectivity index (χ0) is 12.6. The van der Waals surface area contributed by atoms with Gasteiger partial charge in [0.05, 0.1) is 19.3 Å². The Morgan fingerprint density at radius 1 is 1.00 bits per heavy atom. The minimum atomic E-state index is 0.393. The van der Waals surface area contributed by atoms with E-state index in [4.69, 9.17) is 9.47 Å². The van der Waals surface area contributed by atoms with Crippen molar-refractivity contribution in [1.82, 2.24) is 0 Å². The zero-order valence-corrected chi connectivity index (χ0v) is 12.0. The first kappa shape index (κ1) is 13.4. The van der Waals surface area contributed by atoms with E-state index in [1.165, 1.54) is 6.42 Å². The number of hydrogen-bond donors (Lipinski definition) is 0. The summed E-state index contributed by atoms with van der Waals surface area (Å²) in [7, 11) is 0. The van der Waals surface area contributed by atoms with Crippen molar-refractivity contribution in [3.63, 3.8) is 0 Å². The van der Waals surface area contributed by atoms with Gasteiger partial charge < -0.3 is 9.47 Å². The molecule has 2 heteroatoms. The molecule has 0 spiro atoms. The number of hydrogen-bond acceptors (Lipinski definition) is 2. The molecular formula is C15H28O2. The molecule has 0 aromatic heterocycles. The van der Waals surface area contributed by atoms with E-state index in [0.717, 1.165) is 31.0 Å². The molecule has 2 aliphatic rings. The number of ether oxygens (including phenoxy) is 2. The molecule has 0 amide bonds. The summed E-state index contributed by atoms with van der Waals surface area (Å²) in [5.74, 6) is 3.75. The molecule has 2 nitrogen and oxygen atoms in total. The Hall–Kier alpha value is -0.0800. The van der Waals surface area contributed by atoms with Crippen LogP contribution in [0, 0.1) is 29.6 Å². The molecule has 0 aromatic carbocycles. The molecule has 1 aliphatic carbocycles. The van der Waals surface area contributed by atoms with Gasteiger partial charge in [0.2, 0.25) is 0 Å². The van der Waals surface area contributed by atoms with Crippen LogP contribution >= 0.6 is 0 Å². The van der Waals surface area contributed by atoms with Gasteiger partial charge in [-0.3, -0.25) is 0 Å². The summed E-state index contributed by atoms with van der Waals surface area (Å²) in [5.41, 5.74) is 0. The zero-order valence-electron chi connectivity index (χ0n) is 12.0. The van der Waals surface area contributed by atoms with Crippen LogP contribution in [0.2, 0.25) is 0 Å². The molecule has 5 unspecified atom stereocenters. The number of rotatable bonds is 4. The van der Waals surface area contributed by atoms with Crippen LogP contribution in [0.4, 0.5) is 0 Å². The van der Waals surface area contributed by atoms with E-state index in [1.807, 2.05) is 0 Å². The maximum atomic E-state index is 6.14. The first-order chi connectivity index (χ1) is 8.06. The van der Waals surface area contributed by atoms with Crippen molar-refractivity contribution in [1.29, 1.82) is 0 Å². The standard InChI is InChI=1S/C15H28O2/c1-6-14-9(2)11(4)15(12(5)10(14)3)17-8-13-7-16-13/h9-15H,6-8H2,1-5H3. The van der Waals surface area contributed by atoms with Gasteiger partial charge in [-0.1, -0.05) is 41.0 Å². The molecule has 2 rings (SSSR count). The SMILES string of the molecule is CCC1C(C)C(C)C(OCC2CO2)C(C)C1C. The second-order valence-corrected chi connectivity index (χ2v) is 6.26. The molecule has 0 N–H and O–H groups in total. The minimum Gasteiger partial charge on any atom is -0.375 e. The maximum Gasteiger partial charge on any atom is 0.104 e. The third kappa shape index (κ3) is 2.68. The summed E-state index contributed by atoms with van der Waals surface area (Å²) in [4.78, 5) is 0. The monoisotopic (exact) mass is 240 g/mol. The fourth-order valence-electron chi connectivity index (χ4n) is 3.77. The quantitative estimate of drug-likeness (QED) is 0.703. The van der Waals surface area contributed by atoms with Gasteiger partial charge in [0.1, 0.15) is 6.10 Å². The van der Waals surface area contributed by atoms with Crippen molar-refractivity contribution >= 4 is 0 Å². The molecule has 1 aliphatic heterocycles. The van der Waals surface area contributed by atoms with Crippen LogP contribution < -0.4 is 0 Å². The Labute approximate surface area is 106 Å². The van der Waals surface area contributed by atoms with Crippen LogP contribution in [0.1, 0.15) is 41.0 Å². The van der Waals surface area contributed by atoms with Crippen molar-refractivity contribution in [2.75, 3.05) is 13.2 Å². The van der Waals surface area contributed by atoms with Crippen molar-refractivity contribution in [2.24, 2.45) is 29.6 Å². The lowest BCUT2D eigenvalue weighted by molar-refractivity contribution is -0.102. The normalized spacial score (nSPS) is 50.3. The molecule has 0 radical (unpaired) electrons. The van der Waals surface area contributed by atoms with Crippen molar-refractivity contribution in [3.8, 4) is 0 Å². The predicted octanol–water partition coefficient (Wildman–Crippen LogP) is 3.35. The predicted molar refractivity (Wildman–Crippen MR) is 69.9 cm³/mol. The Kier molecular flexibility index (Phi) is 4.14. The van der Waals surface area contributed by atoms with Crippen LogP contribution in [0.15, 0.2) is 0 Å². The highest BCUT2D eigenvalue weighted by Gasteiger charge is 2.43. The first-order valence-corrected chi connectivity index (χ1v) is 7.29. The second kappa shape index (κ2) is 5.27. The molecule has 0 aromatic rings. The third-order valence-electron chi connectivity index (χ3n) is 5.39. The Morgan fingerprint density at radius 3 is 1.94 bits per heavy atom. The molecular weight excluding hydrogens is 212 g/mol. The molecule has 1 saturated carbocycles. The highest BCUT2D eigenvalue weighted by molar-refractivity contribution is 4.91. The molecule has 1 heterocycles. The van der Waals surface area contributed by atoms with Gasteiger partial charge in [0, 0.05) is 0 Å². The largest absolute Gasteiger partial charge is 0.375 e. The van der Waals surface area contributed by atoms with Crippen LogP contribution in [0.3, 0.4) is 0 Å².